The van der Waals surface area contributed by atoms with E-state index in [1.165, 1.54) is 0 Å². The second-order valence-corrected chi connectivity index (χ2v) is 5.38. The molecule has 92 valence electrons. The number of hydrogen-bond donors (Lipinski definition) is 2. The van der Waals surface area contributed by atoms with Crippen LogP contribution >= 0.6 is 27.5 Å². The number of hydrogen-bond acceptors (Lipinski definition) is 3. The zero-order valence-corrected chi connectivity index (χ0v) is 11.5. The minimum Gasteiger partial charge on any atom is -0.323 e. The molecule has 0 radical (unpaired) electrons. The Hall–Kier alpha value is -0.650. The molecule has 0 bridgehead atoms. The van der Waals surface area contributed by atoms with Gasteiger partial charge < -0.3 is 10.6 Å². The summed E-state index contributed by atoms with van der Waals surface area (Å²) < 4.78 is 0.791. The van der Waals surface area contributed by atoms with Gasteiger partial charge in [-0.25, -0.2) is 4.98 Å². The van der Waals surface area contributed by atoms with E-state index in [0.717, 1.165) is 24.0 Å². The van der Waals surface area contributed by atoms with Crippen LogP contribution in [0.5, 0.6) is 0 Å². The van der Waals surface area contributed by atoms with Gasteiger partial charge in [0.2, 0.25) is 5.91 Å². The number of carbonyl (C=O) groups excluding carboxylic acids is 1. The highest BCUT2D eigenvalue weighted by atomic mass is 79.9. The van der Waals surface area contributed by atoms with Gasteiger partial charge in [-0.3, -0.25) is 4.79 Å². The van der Waals surface area contributed by atoms with Gasteiger partial charge in [0.1, 0.15) is 0 Å². The van der Waals surface area contributed by atoms with E-state index >= 15 is 0 Å². The van der Waals surface area contributed by atoms with Crippen LogP contribution in [0, 0.1) is 5.92 Å². The largest absolute Gasteiger partial charge is 0.323 e. The zero-order valence-electron chi connectivity index (χ0n) is 9.17. The van der Waals surface area contributed by atoms with Crippen LogP contribution in [0.2, 0.25) is 5.15 Å². The average molecular weight is 319 g/mol. The van der Waals surface area contributed by atoms with Crippen LogP contribution in [0.1, 0.15) is 12.8 Å². The normalized spacial score (nSPS) is 19.3. The lowest BCUT2D eigenvalue weighted by Crippen LogP contribution is -2.18. The monoisotopic (exact) mass is 317 g/mol. The van der Waals surface area contributed by atoms with Crippen molar-refractivity contribution in [1.82, 2.24) is 10.3 Å². The van der Waals surface area contributed by atoms with Gasteiger partial charge in [0.05, 0.1) is 5.69 Å². The number of amides is 1. The number of rotatable bonds is 3. The molecular formula is C11H13BrClN3O. The van der Waals surface area contributed by atoms with Crippen molar-refractivity contribution in [3.8, 4) is 0 Å². The van der Waals surface area contributed by atoms with Gasteiger partial charge in [0.25, 0.3) is 0 Å². The smallest absolute Gasteiger partial charge is 0.224 e. The number of pyridine rings is 1. The highest BCUT2D eigenvalue weighted by Crippen LogP contribution is 2.23. The summed E-state index contributed by atoms with van der Waals surface area (Å²) in [6.45, 7) is 1.91. The molecule has 6 heteroatoms. The lowest BCUT2D eigenvalue weighted by atomic mass is 10.0. The quantitative estimate of drug-likeness (QED) is 0.842. The first-order valence-electron chi connectivity index (χ1n) is 5.47. The third kappa shape index (κ3) is 3.66. The Bertz CT molecular complexity index is 421. The summed E-state index contributed by atoms with van der Waals surface area (Å²) in [6.07, 6.45) is 3.17. The molecule has 0 aromatic carbocycles. The molecular weight excluding hydrogens is 305 g/mol. The number of nitrogens with zero attached hydrogens (tertiary/aromatic N) is 1. The van der Waals surface area contributed by atoms with Crippen LogP contribution < -0.4 is 10.6 Å². The first-order valence-corrected chi connectivity index (χ1v) is 6.64. The van der Waals surface area contributed by atoms with Crippen molar-refractivity contribution in [3.63, 3.8) is 0 Å². The maximum atomic E-state index is 11.8. The highest BCUT2D eigenvalue weighted by molar-refractivity contribution is 9.10. The van der Waals surface area contributed by atoms with E-state index in [9.17, 15) is 4.79 Å². The predicted octanol–water partition coefficient (Wildman–Crippen LogP) is 2.44. The van der Waals surface area contributed by atoms with Gasteiger partial charge in [-0.1, -0.05) is 11.6 Å². The van der Waals surface area contributed by atoms with Crippen molar-refractivity contribution < 1.29 is 4.79 Å². The van der Waals surface area contributed by atoms with E-state index in [2.05, 4.69) is 31.5 Å². The van der Waals surface area contributed by atoms with Gasteiger partial charge in [-0.05, 0) is 47.4 Å². The lowest BCUT2D eigenvalue weighted by molar-refractivity contribution is -0.116. The fourth-order valence-corrected chi connectivity index (χ4v) is 2.34. The second kappa shape index (κ2) is 5.80. The molecule has 1 aromatic heterocycles. The van der Waals surface area contributed by atoms with E-state index < -0.39 is 0 Å². The molecule has 0 spiro atoms. The highest BCUT2D eigenvalue weighted by Gasteiger charge is 2.18. The molecule has 1 aliphatic rings. The van der Waals surface area contributed by atoms with Crippen molar-refractivity contribution in [2.75, 3.05) is 18.4 Å². The van der Waals surface area contributed by atoms with E-state index in [-0.39, 0.29) is 5.91 Å². The average Bonchev–Trinajstić information content (AvgIpc) is 2.76. The van der Waals surface area contributed by atoms with E-state index in [1.54, 1.807) is 12.3 Å². The van der Waals surface area contributed by atoms with Crippen molar-refractivity contribution in [1.29, 1.82) is 0 Å². The van der Waals surface area contributed by atoms with Gasteiger partial charge in [-0.15, -0.1) is 0 Å². The van der Waals surface area contributed by atoms with E-state index in [1.807, 2.05) is 0 Å². The van der Waals surface area contributed by atoms with Crippen molar-refractivity contribution in [2.24, 2.45) is 5.92 Å². The molecule has 17 heavy (non-hydrogen) atoms. The lowest BCUT2D eigenvalue weighted by Gasteiger charge is -2.10. The molecule has 1 unspecified atom stereocenters. The van der Waals surface area contributed by atoms with E-state index in [4.69, 9.17) is 11.6 Å². The van der Waals surface area contributed by atoms with Gasteiger partial charge in [0, 0.05) is 17.1 Å². The Balaban J connectivity index is 1.95. The van der Waals surface area contributed by atoms with E-state index in [0.29, 0.717) is 23.2 Å². The van der Waals surface area contributed by atoms with Crippen molar-refractivity contribution >= 4 is 39.1 Å². The molecule has 1 amide bonds. The fraction of sp³-hybridized carbons (Fsp3) is 0.455. The Morgan fingerprint density at radius 1 is 1.71 bits per heavy atom. The summed E-state index contributed by atoms with van der Waals surface area (Å²) in [5.41, 5.74) is 0.553. The maximum absolute atomic E-state index is 11.8. The van der Waals surface area contributed by atoms with Crippen LogP contribution in [-0.2, 0) is 4.79 Å². The number of anilines is 1. The first-order chi connectivity index (χ1) is 8.15. The minimum absolute atomic E-state index is 0.0134. The standard InChI is InChI=1S/C11H13BrClN3O/c12-8-4-9(11(13)15-6-8)16-10(17)3-7-1-2-14-5-7/h4,6-7,14H,1-3,5H2,(H,16,17). The summed E-state index contributed by atoms with van der Waals surface area (Å²) in [7, 11) is 0. The van der Waals surface area contributed by atoms with Crippen LogP contribution in [-0.4, -0.2) is 24.0 Å². The maximum Gasteiger partial charge on any atom is 0.224 e. The zero-order chi connectivity index (χ0) is 12.3. The van der Waals surface area contributed by atoms with Crippen molar-refractivity contribution in [2.45, 2.75) is 12.8 Å². The van der Waals surface area contributed by atoms with Gasteiger partial charge in [0.15, 0.2) is 5.15 Å². The molecule has 2 rings (SSSR count). The van der Waals surface area contributed by atoms with Crippen LogP contribution in [0.15, 0.2) is 16.7 Å². The molecule has 2 N–H and O–H groups in total. The number of aromatic nitrogens is 1. The van der Waals surface area contributed by atoms with Gasteiger partial charge >= 0.3 is 0 Å². The number of halogens is 2. The molecule has 0 aliphatic carbocycles. The first kappa shape index (κ1) is 12.8. The second-order valence-electron chi connectivity index (χ2n) is 4.10. The fourth-order valence-electron chi connectivity index (χ4n) is 1.86. The summed E-state index contributed by atoms with van der Waals surface area (Å²) in [5, 5.41) is 6.33. The molecule has 1 atom stereocenters. The third-order valence-electron chi connectivity index (χ3n) is 2.72. The Morgan fingerprint density at radius 2 is 2.53 bits per heavy atom. The third-order valence-corrected chi connectivity index (χ3v) is 3.45. The summed E-state index contributed by atoms with van der Waals surface area (Å²) >= 11 is 9.19. The molecule has 1 aromatic rings. The Morgan fingerprint density at radius 3 is 3.24 bits per heavy atom. The van der Waals surface area contributed by atoms with Crippen LogP contribution in [0.3, 0.4) is 0 Å². The number of nitrogens with one attached hydrogen (secondary N) is 2. The molecule has 2 heterocycles. The molecule has 0 saturated carbocycles. The van der Waals surface area contributed by atoms with Crippen molar-refractivity contribution in [3.05, 3.63) is 21.9 Å². The molecule has 1 saturated heterocycles. The summed E-state index contributed by atoms with van der Waals surface area (Å²) in [6, 6.07) is 1.75. The molecule has 1 aliphatic heterocycles. The summed E-state index contributed by atoms with van der Waals surface area (Å²) in [5.74, 6) is 0.411. The van der Waals surface area contributed by atoms with Crippen LogP contribution in [0.25, 0.3) is 0 Å². The van der Waals surface area contributed by atoms with Crippen LogP contribution in [0.4, 0.5) is 5.69 Å². The molecule has 1 fully saturated rings. The molecule has 4 nitrogen and oxygen atoms in total. The number of carbonyl (C=O) groups is 1. The Labute approximate surface area is 113 Å². The minimum atomic E-state index is -0.0134. The SMILES string of the molecule is O=C(CC1CCNC1)Nc1cc(Br)cnc1Cl. The Kier molecular flexibility index (Phi) is 4.36. The topological polar surface area (TPSA) is 54.0 Å². The van der Waals surface area contributed by atoms with Gasteiger partial charge in [-0.2, -0.15) is 0 Å². The summed E-state index contributed by atoms with van der Waals surface area (Å²) in [4.78, 5) is 15.7. The predicted molar refractivity (Wildman–Crippen MR) is 71.2 cm³/mol.